The summed E-state index contributed by atoms with van der Waals surface area (Å²) in [6.07, 6.45) is 2.12. The number of carbonyl (C=O) groups is 1. The summed E-state index contributed by atoms with van der Waals surface area (Å²) in [7, 11) is 0. The molecule has 4 heteroatoms. The fraction of sp³-hybridized carbons (Fsp3) is 0.857. The van der Waals surface area contributed by atoms with E-state index in [4.69, 9.17) is 0 Å². The van der Waals surface area contributed by atoms with E-state index < -0.39 is 0 Å². The number of likely N-dealkylation sites (N-methyl/N-ethyl adjacent to an activating group) is 1. The van der Waals surface area contributed by atoms with Crippen LogP contribution in [-0.2, 0) is 4.79 Å². The normalized spacial score (nSPS) is 22.5. The predicted octanol–water partition coefficient (Wildman–Crippen LogP) is 0.296. The van der Waals surface area contributed by atoms with Gasteiger partial charge in [0.1, 0.15) is 0 Å². The monoisotopic (exact) mass is 178 g/mol. The van der Waals surface area contributed by atoms with Gasteiger partial charge in [0.2, 0.25) is 5.91 Å². The molecule has 0 aliphatic carbocycles. The number of halogens is 1. The average Bonchev–Trinajstić information content (AvgIpc) is 2.38. The molecule has 0 aromatic heterocycles. The van der Waals surface area contributed by atoms with Gasteiger partial charge in [-0.05, 0) is 26.3 Å². The Kier molecular flexibility index (Phi) is 5.24. The van der Waals surface area contributed by atoms with Crippen LogP contribution in [0, 0.1) is 0 Å². The second kappa shape index (κ2) is 5.38. The van der Waals surface area contributed by atoms with Crippen molar-refractivity contribution in [3.8, 4) is 0 Å². The molecule has 1 atom stereocenters. The summed E-state index contributed by atoms with van der Waals surface area (Å²) in [5.41, 5.74) is 0. The zero-order valence-electron chi connectivity index (χ0n) is 6.72. The molecule has 1 amide bonds. The fourth-order valence-corrected chi connectivity index (χ4v) is 1.21. The number of carbonyl (C=O) groups excluding carboxylic acids is 1. The van der Waals surface area contributed by atoms with E-state index >= 15 is 0 Å². The molecule has 0 bridgehead atoms. The van der Waals surface area contributed by atoms with Crippen LogP contribution in [0.5, 0.6) is 0 Å². The summed E-state index contributed by atoms with van der Waals surface area (Å²) >= 11 is 0. The molecule has 0 aromatic carbocycles. The van der Waals surface area contributed by atoms with Crippen LogP contribution in [0.4, 0.5) is 0 Å². The van der Waals surface area contributed by atoms with Gasteiger partial charge in [-0.2, -0.15) is 0 Å². The molecule has 0 unspecified atom stereocenters. The highest BCUT2D eigenvalue weighted by molar-refractivity contribution is 5.85. The summed E-state index contributed by atoms with van der Waals surface area (Å²) in [5.74, 6) is 0.153. The van der Waals surface area contributed by atoms with E-state index in [0.29, 0.717) is 0 Å². The van der Waals surface area contributed by atoms with Crippen molar-refractivity contribution < 1.29 is 4.79 Å². The maximum atomic E-state index is 11.1. The van der Waals surface area contributed by atoms with Crippen molar-refractivity contribution in [1.82, 2.24) is 10.6 Å². The highest BCUT2D eigenvalue weighted by atomic mass is 35.5. The Morgan fingerprint density at radius 2 is 2.45 bits per heavy atom. The van der Waals surface area contributed by atoms with E-state index in [2.05, 4.69) is 10.6 Å². The lowest BCUT2D eigenvalue weighted by Crippen LogP contribution is -2.40. The Hall–Kier alpha value is -0.280. The molecular weight excluding hydrogens is 164 g/mol. The number of hydrogen-bond acceptors (Lipinski definition) is 2. The summed E-state index contributed by atoms with van der Waals surface area (Å²) in [5, 5.41) is 5.92. The van der Waals surface area contributed by atoms with Crippen LogP contribution in [0.15, 0.2) is 0 Å². The standard InChI is InChI=1S/C7H14N2O.ClH/c1-2-8-7(10)6-4-3-5-9-6;/h6,9H,2-5H2,1H3,(H,8,10);1H/t6-;/m1./s1. The summed E-state index contributed by atoms with van der Waals surface area (Å²) in [6, 6.07) is 0.0833. The number of nitrogens with one attached hydrogen (secondary N) is 2. The van der Waals surface area contributed by atoms with Crippen molar-refractivity contribution in [1.29, 1.82) is 0 Å². The van der Waals surface area contributed by atoms with Gasteiger partial charge in [-0.15, -0.1) is 12.4 Å². The van der Waals surface area contributed by atoms with Gasteiger partial charge in [0.25, 0.3) is 0 Å². The van der Waals surface area contributed by atoms with Crippen LogP contribution in [0.1, 0.15) is 19.8 Å². The molecule has 0 radical (unpaired) electrons. The summed E-state index contributed by atoms with van der Waals surface area (Å²) < 4.78 is 0. The molecule has 11 heavy (non-hydrogen) atoms. The van der Waals surface area contributed by atoms with Gasteiger partial charge < -0.3 is 10.6 Å². The molecule has 66 valence electrons. The molecule has 0 saturated carbocycles. The lowest BCUT2D eigenvalue weighted by molar-refractivity contribution is -0.122. The summed E-state index contributed by atoms with van der Waals surface area (Å²) in [6.45, 7) is 3.66. The zero-order valence-corrected chi connectivity index (χ0v) is 7.54. The maximum Gasteiger partial charge on any atom is 0.237 e. The first-order chi connectivity index (χ1) is 4.84. The predicted molar refractivity (Wildman–Crippen MR) is 47.0 cm³/mol. The Morgan fingerprint density at radius 1 is 1.73 bits per heavy atom. The lowest BCUT2D eigenvalue weighted by atomic mass is 10.2. The number of amides is 1. The van der Waals surface area contributed by atoms with Crippen molar-refractivity contribution in [3.05, 3.63) is 0 Å². The lowest BCUT2D eigenvalue weighted by Gasteiger charge is -2.08. The number of rotatable bonds is 2. The van der Waals surface area contributed by atoms with E-state index in [9.17, 15) is 4.79 Å². The molecule has 1 heterocycles. The fourth-order valence-electron chi connectivity index (χ4n) is 1.21. The van der Waals surface area contributed by atoms with Gasteiger partial charge in [0, 0.05) is 6.54 Å². The van der Waals surface area contributed by atoms with E-state index in [-0.39, 0.29) is 24.4 Å². The van der Waals surface area contributed by atoms with Gasteiger partial charge in [0.05, 0.1) is 6.04 Å². The molecule has 2 N–H and O–H groups in total. The van der Waals surface area contributed by atoms with Crippen molar-refractivity contribution in [2.45, 2.75) is 25.8 Å². The molecule has 1 saturated heterocycles. The minimum Gasteiger partial charge on any atom is -0.355 e. The first-order valence-electron chi connectivity index (χ1n) is 3.85. The van der Waals surface area contributed by atoms with Crippen LogP contribution in [0.25, 0.3) is 0 Å². The molecule has 0 spiro atoms. The van der Waals surface area contributed by atoms with E-state index in [0.717, 1.165) is 25.9 Å². The van der Waals surface area contributed by atoms with Crippen LogP contribution >= 0.6 is 12.4 Å². The Morgan fingerprint density at radius 3 is 2.91 bits per heavy atom. The molecule has 1 rings (SSSR count). The Bertz CT molecular complexity index is 124. The van der Waals surface area contributed by atoms with Crippen LogP contribution in [-0.4, -0.2) is 25.0 Å². The first kappa shape index (κ1) is 10.7. The third-order valence-electron chi connectivity index (χ3n) is 1.73. The minimum atomic E-state index is 0. The van der Waals surface area contributed by atoms with Gasteiger partial charge in [-0.1, -0.05) is 0 Å². The average molecular weight is 179 g/mol. The quantitative estimate of drug-likeness (QED) is 0.639. The molecule has 1 fully saturated rings. The highest BCUT2D eigenvalue weighted by Gasteiger charge is 2.20. The van der Waals surface area contributed by atoms with E-state index in [1.165, 1.54) is 0 Å². The maximum absolute atomic E-state index is 11.1. The molecule has 0 aromatic rings. The SMILES string of the molecule is CCNC(=O)[C@H]1CCCN1.Cl. The minimum absolute atomic E-state index is 0. The molecule has 1 aliphatic rings. The Balaban J connectivity index is 0.000001000. The van der Waals surface area contributed by atoms with Gasteiger partial charge in [0.15, 0.2) is 0 Å². The largest absolute Gasteiger partial charge is 0.355 e. The third kappa shape index (κ3) is 3.08. The zero-order chi connectivity index (χ0) is 7.40. The van der Waals surface area contributed by atoms with Gasteiger partial charge >= 0.3 is 0 Å². The van der Waals surface area contributed by atoms with Crippen molar-refractivity contribution >= 4 is 18.3 Å². The smallest absolute Gasteiger partial charge is 0.237 e. The van der Waals surface area contributed by atoms with Crippen molar-refractivity contribution in [2.75, 3.05) is 13.1 Å². The Labute approximate surface area is 73.3 Å². The van der Waals surface area contributed by atoms with Crippen molar-refractivity contribution in [2.24, 2.45) is 0 Å². The highest BCUT2D eigenvalue weighted by Crippen LogP contribution is 2.03. The van der Waals surface area contributed by atoms with E-state index in [1.54, 1.807) is 0 Å². The first-order valence-corrected chi connectivity index (χ1v) is 3.85. The van der Waals surface area contributed by atoms with Crippen molar-refractivity contribution in [3.63, 3.8) is 0 Å². The second-order valence-electron chi connectivity index (χ2n) is 2.54. The molecule has 3 nitrogen and oxygen atoms in total. The van der Waals surface area contributed by atoms with Crippen LogP contribution in [0.2, 0.25) is 0 Å². The van der Waals surface area contributed by atoms with Crippen LogP contribution < -0.4 is 10.6 Å². The van der Waals surface area contributed by atoms with E-state index in [1.807, 2.05) is 6.92 Å². The van der Waals surface area contributed by atoms with Gasteiger partial charge in [-0.25, -0.2) is 0 Å². The topological polar surface area (TPSA) is 41.1 Å². The number of hydrogen-bond donors (Lipinski definition) is 2. The van der Waals surface area contributed by atoms with Crippen LogP contribution in [0.3, 0.4) is 0 Å². The molecular formula is C7H15ClN2O. The second-order valence-corrected chi connectivity index (χ2v) is 2.54. The van der Waals surface area contributed by atoms with Gasteiger partial charge in [-0.3, -0.25) is 4.79 Å². The summed E-state index contributed by atoms with van der Waals surface area (Å²) in [4.78, 5) is 11.1. The third-order valence-corrected chi connectivity index (χ3v) is 1.73. The molecule has 1 aliphatic heterocycles.